The zero-order chi connectivity index (χ0) is 13.1. The average molecular weight is 293 g/mol. The molecule has 0 aliphatic carbocycles. The monoisotopic (exact) mass is 292 g/mol. The second-order valence-electron chi connectivity index (χ2n) is 4.99. The molecule has 0 atom stereocenters. The van der Waals surface area contributed by atoms with Crippen molar-refractivity contribution in [3.8, 4) is 0 Å². The van der Waals surface area contributed by atoms with Crippen LogP contribution in [0.15, 0.2) is 0 Å². The molecule has 1 aliphatic rings. The van der Waals surface area contributed by atoms with Crippen LogP contribution in [0.3, 0.4) is 0 Å². The summed E-state index contributed by atoms with van der Waals surface area (Å²) in [7, 11) is 0. The van der Waals surface area contributed by atoms with Crippen LogP contribution in [0.1, 0.15) is 45.4 Å². The van der Waals surface area contributed by atoms with Crippen molar-refractivity contribution in [1.82, 2.24) is 10.6 Å². The van der Waals surface area contributed by atoms with E-state index in [1.165, 1.54) is 12.8 Å². The molecule has 0 spiro atoms. The predicted octanol–water partition coefficient (Wildman–Crippen LogP) is 2.12. The Bertz CT molecular complexity index is 221. The quantitative estimate of drug-likeness (QED) is 0.640. The molecule has 0 radical (unpaired) electrons. The lowest BCUT2D eigenvalue weighted by Crippen LogP contribution is -2.29. The van der Waals surface area contributed by atoms with Crippen molar-refractivity contribution in [3.05, 3.63) is 0 Å². The van der Waals surface area contributed by atoms with Crippen LogP contribution in [-0.2, 0) is 9.53 Å². The lowest BCUT2D eigenvalue weighted by Gasteiger charge is -2.22. The van der Waals surface area contributed by atoms with Gasteiger partial charge in [0, 0.05) is 26.2 Å². The van der Waals surface area contributed by atoms with Crippen LogP contribution < -0.4 is 10.6 Å². The molecule has 1 fully saturated rings. The number of carbonyl (C=O) groups excluding carboxylic acids is 1. The molecule has 1 aliphatic heterocycles. The van der Waals surface area contributed by atoms with Crippen molar-refractivity contribution < 1.29 is 9.53 Å². The van der Waals surface area contributed by atoms with Gasteiger partial charge in [-0.25, -0.2) is 0 Å². The fourth-order valence-corrected chi connectivity index (χ4v) is 2.30. The van der Waals surface area contributed by atoms with Gasteiger partial charge in [-0.1, -0.05) is 0 Å². The first-order valence-corrected chi connectivity index (χ1v) is 7.38. The number of amides is 1. The van der Waals surface area contributed by atoms with Gasteiger partial charge < -0.3 is 15.4 Å². The van der Waals surface area contributed by atoms with Crippen molar-refractivity contribution in [2.45, 2.75) is 45.4 Å². The summed E-state index contributed by atoms with van der Waals surface area (Å²) in [6.07, 6.45) is 6.23. The van der Waals surface area contributed by atoms with Crippen LogP contribution in [0.5, 0.6) is 0 Å². The molecule has 0 aromatic carbocycles. The predicted molar refractivity (Wildman–Crippen MR) is 80.8 cm³/mol. The lowest BCUT2D eigenvalue weighted by molar-refractivity contribution is -0.121. The number of nitrogens with one attached hydrogen (secondary N) is 2. The Kier molecular flexibility index (Phi) is 12.5. The van der Waals surface area contributed by atoms with Crippen molar-refractivity contribution in [2.75, 3.05) is 32.8 Å². The highest BCUT2D eigenvalue weighted by molar-refractivity contribution is 5.85. The summed E-state index contributed by atoms with van der Waals surface area (Å²) < 4.78 is 5.25. The molecule has 1 amide bonds. The summed E-state index contributed by atoms with van der Waals surface area (Å²) in [5.41, 5.74) is 0. The van der Waals surface area contributed by atoms with Gasteiger partial charge in [0.05, 0.1) is 0 Å². The smallest absolute Gasteiger partial charge is 0.220 e. The molecule has 1 rings (SSSR count). The van der Waals surface area contributed by atoms with Gasteiger partial charge >= 0.3 is 0 Å². The highest BCUT2D eigenvalue weighted by Crippen LogP contribution is 2.17. The SMILES string of the molecule is CCOCCCCNC(=O)CCC1CCNCC1.Cl. The van der Waals surface area contributed by atoms with Crippen LogP contribution >= 0.6 is 12.4 Å². The number of ether oxygens (including phenoxy) is 1. The zero-order valence-electron chi connectivity index (χ0n) is 12.1. The van der Waals surface area contributed by atoms with E-state index in [4.69, 9.17) is 4.74 Å². The van der Waals surface area contributed by atoms with E-state index in [2.05, 4.69) is 10.6 Å². The zero-order valence-corrected chi connectivity index (χ0v) is 12.9. The largest absolute Gasteiger partial charge is 0.382 e. The molecular weight excluding hydrogens is 264 g/mol. The normalized spacial score (nSPS) is 15.8. The van der Waals surface area contributed by atoms with Gasteiger partial charge in [-0.15, -0.1) is 12.4 Å². The molecule has 0 aromatic rings. The minimum atomic E-state index is 0. The first-order chi connectivity index (χ1) is 8.83. The summed E-state index contributed by atoms with van der Waals surface area (Å²) in [4.78, 5) is 11.6. The van der Waals surface area contributed by atoms with Crippen molar-refractivity contribution in [2.24, 2.45) is 5.92 Å². The molecule has 0 saturated carbocycles. The summed E-state index contributed by atoms with van der Waals surface area (Å²) in [6, 6.07) is 0. The maximum absolute atomic E-state index is 11.6. The standard InChI is InChI=1S/C14H28N2O2.ClH/c1-2-18-12-4-3-9-16-14(17)6-5-13-7-10-15-11-8-13;/h13,15H,2-12H2,1H3,(H,16,17);1H. The highest BCUT2D eigenvalue weighted by atomic mass is 35.5. The van der Waals surface area contributed by atoms with Gasteiger partial charge in [-0.3, -0.25) is 4.79 Å². The maximum Gasteiger partial charge on any atom is 0.220 e. The van der Waals surface area contributed by atoms with Crippen LogP contribution in [-0.4, -0.2) is 38.8 Å². The molecule has 1 saturated heterocycles. The van der Waals surface area contributed by atoms with Gasteiger partial charge in [-0.2, -0.15) is 0 Å². The lowest BCUT2D eigenvalue weighted by atomic mass is 9.93. The van der Waals surface area contributed by atoms with E-state index in [0.29, 0.717) is 6.42 Å². The molecular formula is C14H29ClN2O2. The number of carbonyl (C=O) groups is 1. The second-order valence-corrected chi connectivity index (χ2v) is 4.99. The Labute approximate surface area is 123 Å². The fraction of sp³-hybridized carbons (Fsp3) is 0.929. The maximum atomic E-state index is 11.6. The molecule has 4 nitrogen and oxygen atoms in total. The van der Waals surface area contributed by atoms with E-state index in [-0.39, 0.29) is 18.3 Å². The Balaban J connectivity index is 0.00000324. The fourth-order valence-electron chi connectivity index (χ4n) is 2.30. The van der Waals surface area contributed by atoms with E-state index < -0.39 is 0 Å². The van der Waals surface area contributed by atoms with E-state index in [1.807, 2.05) is 6.92 Å². The number of halogens is 1. The molecule has 0 bridgehead atoms. The van der Waals surface area contributed by atoms with E-state index >= 15 is 0 Å². The minimum Gasteiger partial charge on any atom is -0.382 e. The summed E-state index contributed by atoms with van der Waals surface area (Å²) in [5, 5.41) is 6.34. The third-order valence-electron chi connectivity index (χ3n) is 3.48. The topological polar surface area (TPSA) is 50.4 Å². The third-order valence-corrected chi connectivity index (χ3v) is 3.48. The van der Waals surface area contributed by atoms with E-state index in [1.54, 1.807) is 0 Å². The Morgan fingerprint density at radius 1 is 1.32 bits per heavy atom. The number of hydrogen-bond acceptors (Lipinski definition) is 3. The van der Waals surface area contributed by atoms with Crippen molar-refractivity contribution >= 4 is 18.3 Å². The van der Waals surface area contributed by atoms with Gasteiger partial charge in [0.25, 0.3) is 0 Å². The van der Waals surface area contributed by atoms with Crippen LogP contribution in [0.4, 0.5) is 0 Å². The van der Waals surface area contributed by atoms with Gasteiger partial charge in [0.1, 0.15) is 0 Å². The molecule has 0 unspecified atom stereocenters. The number of hydrogen-bond donors (Lipinski definition) is 2. The van der Waals surface area contributed by atoms with Crippen molar-refractivity contribution in [1.29, 1.82) is 0 Å². The summed E-state index contributed by atoms with van der Waals surface area (Å²) in [5.74, 6) is 0.958. The Morgan fingerprint density at radius 3 is 2.74 bits per heavy atom. The molecule has 2 N–H and O–H groups in total. The number of piperidine rings is 1. The van der Waals surface area contributed by atoms with Crippen molar-refractivity contribution in [3.63, 3.8) is 0 Å². The molecule has 1 heterocycles. The highest BCUT2D eigenvalue weighted by Gasteiger charge is 2.14. The van der Waals surface area contributed by atoms with Crippen LogP contribution in [0, 0.1) is 5.92 Å². The summed E-state index contributed by atoms with van der Waals surface area (Å²) in [6.45, 7) is 6.61. The van der Waals surface area contributed by atoms with E-state index in [0.717, 1.165) is 58.0 Å². The average Bonchev–Trinajstić information content (AvgIpc) is 2.41. The Morgan fingerprint density at radius 2 is 2.05 bits per heavy atom. The third kappa shape index (κ3) is 10.2. The number of rotatable bonds is 9. The molecule has 114 valence electrons. The number of unbranched alkanes of at least 4 members (excludes halogenated alkanes) is 1. The Hall–Kier alpha value is -0.320. The van der Waals surface area contributed by atoms with Gasteiger partial charge in [0.15, 0.2) is 0 Å². The molecule has 19 heavy (non-hydrogen) atoms. The second kappa shape index (κ2) is 12.7. The first kappa shape index (κ1) is 18.7. The van der Waals surface area contributed by atoms with Crippen LogP contribution in [0.25, 0.3) is 0 Å². The van der Waals surface area contributed by atoms with Gasteiger partial charge in [-0.05, 0) is 58.0 Å². The van der Waals surface area contributed by atoms with Crippen LogP contribution in [0.2, 0.25) is 0 Å². The van der Waals surface area contributed by atoms with E-state index in [9.17, 15) is 4.79 Å². The first-order valence-electron chi connectivity index (χ1n) is 7.38. The molecule has 5 heteroatoms. The minimum absolute atomic E-state index is 0. The molecule has 0 aromatic heterocycles. The van der Waals surface area contributed by atoms with Gasteiger partial charge in [0.2, 0.25) is 5.91 Å². The summed E-state index contributed by atoms with van der Waals surface area (Å²) >= 11 is 0.